The lowest BCUT2D eigenvalue weighted by Gasteiger charge is -2.24. The zero-order valence-electron chi connectivity index (χ0n) is 17.1. The minimum Gasteiger partial charge on any atom is -0.497 e. The first-order valence-electron chi connectivity index (χ1n) is 10.4. The van der Waals surface area contributed by atoms with Crippen LogP contribution < -0.4 is 10.1 Å². The summed E-state index contributed by atoms with van der Waals surface area (Å²) in [5.74, 6) is 1.45. The molecule has 0 aromatic heterocycles. The van der Waals surface area contributed by atoms with Crippen molar-refractivity contribution in [1.29, 1.82) is 0 Å². The Kier molecular flexibility index (Phi) is 5.56. The van der Waals surface area contributed by atoms with E-state index in [4.69, 9.17) is 4.74 Å². The van der Waals surface area contributed by atoms with E-state index in [2.05, 4.69) is 24.4 Å². The van der Waals surface area contributed by atoms with Crippen LogP contribution in [0.25, 0.3) is 11.1 Å². The molecule has 2 fully saturated rings. The van der Waals surface area contributed by atoms with Crippen molar-refractivity contribution < 1.29 is 14.3 Å². The summed E-state index contributed by atoms with van der Waals surface area (Å²) in [6.07, 6.45) is 1.58. The van der Waals surface area contributed by atoms with Crippen molar-refractivity contribution in [3.05, 3.63) is 54.1 Å². The van der Waals surface area contributed by atoms with Gasteiger partial charge < -0.3 is 15.0 Å². The molecule has 0 radical (unpaired) electrons. The van der Waals surface area contributed by atoms with Crippen LogP contribution in [0.15, 0.2) is 48.5 Å². The van der Waals surface area contributed by atoms with Gasteiger partial charge in [0.1, 0.15) is 5.75 Å². The lowest BCUT2D eigenvalue weighted by Crippen LogP contribution is -2.38. The number of ether oxygens (including phenoxy) is 1. The monoisotopic (exact) mass is 392 g/mol. The van der Waals surface area contributed by atoms with Gasteiger partial charge in [-0.3, -0.25) is 9.59 Å². The van der Waals surface area contributed by atoms with E-state index in [0.717, 1.165) is 28.9 Å². The van der Waals surface area contributed by atoms with Crippen LogP contribution in [0.5, 0.6) is 5.75 Å². The minimum atomic E-state index is -0.241. The van der Waals surface area contributed by atoms with E-state index in [1.54, 1.807) is 7.11 Å². The third-order valence-electron chi connectivity index (χ3n) is 6.12. The summed E-state index contributed by atoms with van der Waals surface area (Å²) in [6.45, 7) is 3.74. The van der Waals surface area contributed by atoms with E-state index < -0.39 is 0 Å². The normalized spacial score (nSPS) is 23.9. The first-order chi connectivity index (χ1) is 14.1. The lowest BCUT2D eigenvalue weighted by molar-refractivity contribution is -0.133. The van der Waals surface area contributed by atoms with Gasteiger partial charge >= 0.3 is 0 Å². The Balaban J connectivity index is 1.55. The highest BCUT2D eigenvalue weighted by Gasteiger charge is 2.42. The largest absolute Gasteiger partial charge is 0.497 e. The molecule has 1 aliphatic heterocycles. The molecule has 29 heavy (non-hydrogen) atoms. The zero-order valence-corrected chi connectivity index (χ0v) is 17.1. The summed E-state index contributed by atoms with van der Waals surface area (Å²) in [5.41, 5.74) is 3.32. The number of carbonyl (C=O) groups excluding carboxylic acids is 2. The Hall–Kier alpha value is -2.82. The number of benzene rings is 2. The Bertz CT molecular complexity index is 893. The first kappa shape index (κ1) is 19.5. The predicted molar refractivity (Wildman–Crippen MR) is 112 cm³/mol. The number of hydrogen-bond acceptors (Lipinski definition) is 3. The van der Waals surface area contributed by atoms with E-state index in [0.29, 0.717) is 32.0 Å². The number of carbonyl (C=O) groups is 2. The molecule has 2 aliphatic rings. The average molecular weight is 392 g/mol. The molecule has 0 bridgehead atoms. The van der Waals surface area contributed by atoms with Gasteiger partial charge in [-0.25, -0.2) is 0 Å². The topological polar surface area (TPSA) is 58.6 Å². The maximum absolute atomic E-state index is 12.8. The van der Waals surface area contributed by atoms with E-state index >= 15 is 0 Å². The standard InChI is InChI=1S/C24H28N2O3/c1-16-13-22(16)24(28)26-12-11-25-23(27)19(15-26)14-18-5-3-4-6-21(18)17-7-9-20(29-2)10-8-17/h3-10,16,19,22H,11-15H2,1-2H3,(H,25,27)/t16-,19+,22-/m0/s1. The number of nitrogens with zero attached hydrogens (tertiary/aromatic N) is 1. The van der Waals surface area contributed by atoms with Crippen LogP contribution in [-0.4, -0.2) is 43.5 Å². The summed E-state index contributed by atoms with van der Waals surface area (Å²) in [4.78, 5) is 27.3. The second kappa shape index (κ2) is 8.27. The smallest absolute Gasteiger partial charge is 0.226 e. The molecule has 1 aliphatic carbocycles. The average Bonchev–Trinajstić information content (AvgIpc) is 3.51. The highest BCUT2D eigenvalue weighted by atomic mass is 16.5. The van der Waals surface area contributed by atoms with Crippen molar-refractivity contribution in [1.82, 2.24) is 10.2 Å². The van der Waals surface area contributed by atoms with E-state index in [1.165, 1.54) is 0 Å². The molecule has 2 aromatic rings. The van der Waals surface area contributed by atoms with Crippen LogP contribution in [-0.2, 0) is 16.0 Å². The first-order valence-corrected chi connectivity index (χ1v) is 10.4. The Morgan fingerprint density at radius 1 is 1.17 bits per heavy atom. The summed E-state index contributed by atoms with van der Waals surface area (Å²) in [7, 11) is 1.66. The quantitative estimate of drug-likeness (QED) is 0.851. The molecule has 0 spiro atoms. The highest BCUT2D eigenvalue weighted by molar-refractivity contribution is 5.84. The highest BCUT2D eigenvalue weighted by Crippen LogP contribution is 2.39. The number of rotatable bonds is 5. The zero-order chi connectivity index (χ0) is 20.4. The fraction of sp³-hybridized carbons (Fsp3) is 0.417. The second-order valence-corrected chi connectivity index (χ2v) is 8.18. The molecule has 4 rings (SSSR count). The lowest BCUT2D eigenvalue weighted by atomic mass is 9.91. The fourth-order valence-electron chi connectivity index (χ4n) is 4.17. The molecule has 1 heterocycles. The van der Waals surface area contributed by atoms with Gasteiger partial charge in [-0.2, -0.15) is 0 Å². The van der Waals surface area contributed by atoms with Gasteiger partial charge in [0.05, 0.1) is 13.0 Å². The maximum Gasteiger partial charge on any atom is 0.226 e. The summed E-state index contributed by atoms with van der Waals surface area (Å²) in [5, 5.41) is 3.00. The molecule has 5 nitrogen and oxygen atoms in total. The van der Waals surface area contributed by atoms with Gasteiger partial charge in [0.15, 0.2) is 0 Å². The van der Waals surface area contributed by atoms with Crippen molar-refractivity contribution in [2.75, 3.05) is 26.7 Å². The Morgan fingerprint density at radius 2 is 1.90 bits per heavy atom. The third-order valence-corrected chi connectivity index (χ3v) is 6.12. The molecule has 1 N–H and O–H groups in total. The predicted octanol–water partition coefficient (Wildman–Crippen LogP) is 3.14. The molecule has 152 valence electrons. The van der Waals surface area contributed by atoms with Gasteiger partial charge in [-0.1, -0.05) is 43.3 Å². The van der Waals surface area contributed by atoms with Crippen LogP contribution in [0.4, 0.5) is 0 Å². The van der Waals surface area contributed by atoms with Crippen LogP contribution in [0.3, 0.4) is 0 Å². The van der Waals surface area contributed by atoms with E-state index in [1.807, 2.05) is 41.3 Å². The summed E-state index contributed by atoms with van der Waals surface area (Å²) in [6, 6.07) is 16.1. The molecule has 1 saturated carbocycles. The van der Waals surface area contributed by atoms with Crippen molar-refractivity contribution >= 4 is 11.8 Å². The van der Waals surface area contributed by atoms with E-state index in [9.17, 15) is 9.59 Å². The SMILES string of the molecule is COc1ccc(-c2ccccc2C[C@@H]2CN(C(=O)[C@H]3C[C@@H]3C)CCNC2=O)cc1. The van der Waals surface area contributed by atoms with Gasteiger partial charge in [0.2, 0.25) is 11.8 Å². The van der Waals surface area contributed by atoms with Crippen molar-refractivity contribution in [2.45, 2.75) is 19.8 Å². The molecule has 2 aromatic carbocycles. The van der Waals surface area contributed by atoms with Gasteiger partial charge in [-0.05, 0) is 47.6 Å². The van der Waals surface area contributed by atoms with Crippen molar-refractivity contribution in [2.24, 2.45) is 17.8 Å². The van der Waals surface area contributed by atoms with Crippen LogP contribution in [0.1, 0.15) is 18.9 Å². The van der Waals surface area contributed by atoms with Gasteiger partial charge in [-0.15, -0.1) is 0 Å². The summed E-state index contributed by atoms with van der Waals surface area (Å²) < 4.78 is 5.26. The summed E-state index contributed by atoms with van der Waals surface area (Å²) >= 11 is 0. The number of amides is 2. The van der Waals surface area contributed by atoms with Crippen LogP contribution >= 0.6 is 0 Å². The molecule has 1 saturated heterocycles. The molecule has 3 atom stereocenters. The van der Waals surface area contributed by atoms with Crippen LogP contribution in [0.2, 0.25) is 0 Å². The number of hydrogen-bond donors (Lipinski definition) is 1. The molecular formula is C24H28N2O3. The second-order valence-electron chi connectivity index (χ2n) is 8.18. The third kappa shape index (κ3) is 4.29. The Morgan fingerprint density at radius 3 is 2.59 bits per heavy atom. The molecule has 0 unspecified atom stereocenters. The van der Waals surface area contributed by atoms with Crippen molar-refractivity contribution in [3.8, 4) is 16.9 Å². The molecular weight excluding hydrogens is 364 g/mol. The molecule has 5 heteroatoms. The maximum atomic E-state index is 12.8. The van der Waals surface area contributed by atoms with E-state index in [-0.39, 0.29) is 23.7 Å². The minimum absolute atomic E-state index is 0.0358. The molecule has 2 amide bonds. The van der Waals surface area contributed by atoms with Gasteiger partial charge in [0.25, 0.3) is 0 Å². The Labute approximate surface area is 172 Å². The van der Waals surface area contributed by atoms with Crippen LogP contribution in [0, 0.1) is 17.8 Å². The number of methoxy groups -OCH3 is 1. The fourth-order valence-corrected chi connectivity index (χ4v) is 4.17. The number of nitrogens with one attached hydrogen (secondary N) is 1. The van der Waals surface area contributed by atoms with Crippen molar-refractivity contribution in [3.63, 3.8) is 0 Å². The van der Waals surface area contributed by atoms with Gasteiger partial charge in [0, 0.05) is 25.6 Å².